The number of hydrogen-bond acceptors (Lipinski definition) is 3. The summed E-state index contributed by atoms with van der Waals surface area (Å²) >= 11 is 3.50. The molecule has 1 rings (SSSR count). The molecule has 0 saturated heterocycles. The molecule has 0 amide bonds. The zero-order valence-electron chi connectivity index (χ0n) is 10.7. The molecule has 102 valence electrons. The highest BCUT2D eigenvalue weighted by atomic mass is 79.9. The Labute approximate surface area is 117 Å². The fourth-order valence-electron chi connectivity index (χ4n) is 1.45. The quantitative estimate of drug-likeness (QED) is 0.747. The Hall–Kier alpha value is -0.430. The van der Waals surface area contributed by atoms with Crippen LogP contribution in [-0.4, -0.2) is 27.8 Å². The molecule has 0 atom stereocenters. The average molecular weight is 335 g/mol. The summed E-state index contributed by atoms with van der Waals surface area (Å²) in [6, 6.07) is 6.26. The van der Waals surface area contributed by atoms with E-state index >= 15 is 0 Å². The van der Waals surface area contributed by atoms with Gasteiger partial charge in [0.15, 0.2) is 0 Å². The summed E-state index contributed by atoms with van der Waals surface area (Å²) in [7, 11) is -3.06. The van der Waals surface area contributed by atoms with E-state index in [1.54, 1.807) is 0 Å². The van der Waals surface area contributed by atoms with E-state index in [2.05, 4.69) is 51.1 Å². The van der Waals surface area contributed by atoms with Crippen molar-refractivity contribution in [2.45, 2.75) is 19.9 Å². The van der Waals surface area contributed by atoms with Crippen LogP contribution in [0, 0.1) is 6.92 Å². The van der Waals surface area contributed by atoms with Gasteiger partial charge in [-0.2, -0.15) is 0 Å². The number of halogens is 1. The minimum atomic E-state index is -3.06. The lowest BCUT2D eigenvalue weighted by Crippen LogP contribution is -2.26. The van der Waals surface area contributed by atoms with Crippen LogP contribution in [0.3, 0.4) is 0 Å². The molecular formula is C12H19BrN2O2S. The van der Waals surface area contributed by atoms with Crippen molar-refractivity contribution in [3.8, 4) is 0 Å². The molecule has 0 aromatic heterocycles. The number of benzene rings is 1. The molecule has 0 fully saturated rings. The highest BCUT2D eigenvalue weighted by molar-refractivity contribution is 9.10. The van der Waals surface area contributed by atoms with E-state index in [1.807, 2.05) is 0 Å². The number of sulfonamides is 1. The van der Waals surface area contributed by atoms with Crippen LogP contribution in [-0.2, 0) is 16.6 Å². The molecule has 0 heterocycles. The minimum Gasteiger partial charge on any atom is -0.313 e. The van der Waals surface area contributed by atoms with E-state index in [0.717, 1.165) is 24.0 Å². The van der Waals surface area contributed by atoms with Gasteiger partial charge in [0.25, 0.3) is 0 Å². The van der Waals surface area contributed by atoms with Gasteiger partial charge < -0.3 is 5.32 Å². The Morgan fingerprint density at radius 1 is 1.28 bits per heavy atom. The summed E-state index contributed by atoms with van der Waals surface area (Å²) in [6.07, 6.45) is 1.95. The minimum absolute atomic E-state index is 0.476. The second-order valence-corrected chi connectivity index (χ2v) is 6.97. The molecule has 0 saturated carbocycles. The lowest BCUT2D eigenvalue weighted by molar-refractivity contribution is 0.579. The van der Waals surface area contributed by atoms with Gasteiger partial charge >= 0.3 is 0 Å². The highest BCUT2D eigenvalue weighted by Gasteiger charge is 1.99. The smallest absolute Gasteiger partial charge is 0.208 e. The van der Waals surface area contributed by atoms with E-state index in [9.17, 15) is 8.42 Å². The van der Waals surface area contributed by atoms with Gasteiger partial charge in [0.2, 0.25) is 10.0 Å². The standard InChI is InChI=1S/C12H19BrN2O2S/c1-10-4-5-11(8-12(10)13)9-14-6-3-7-15-18(2,16)17/h4-5,8,14-15H,3,6-7,9H2,1-2H3. The van der Waals surface area contributed by atoms with Crippen molar-refractivity contribution in [1.82, 2.24) is 10.0 Å². The summed E-state index contributed by atoms with van der Waals surface area (Å²) in [6.45, 7) is 4.10. The van der Waals surface area contributed by atoms with Crippen molar-refractivity contribution < 1.29 is 8.42 Å². The van der Waals surface area contributed by atoms with E-state index in [1.165, 1.54) is 17.4 Å². The van der Waals surface area contributed by atoms with Crippen LogP contribution < -0.4 is 10.0 Å². The Morgan fingerprint density at radius 3 is 2.61 bits per heavy atom. The SMILES string of the molecule is Cc1ccc(CNCCCNS(C)(=O)=O)cc1Br. The lowest BCUT2D eigenvalue weighted by Gasteiger charge is -2.07. The third-order valence-corrected chi connectivity index (χ3v) is 4.04. The van der Waals surface area contributed by atoms with Crippen molar-refractivity contribution in [3.63, 3.8) is 0 Å². The highest BCUT2D eigenvalue weighted by Crippen LogP contribution is 2.17. The molecule has 2 N–H and O–H groups in total. The Bertz CT molecular complexity index is 489. The summed E-state index contributed by atoms with van der Waals surface area (Å²) in [5, 5.41) is 3.28. The summed E-state index contributed by atoms with van der Waals surface area (Å²) in [5.41, 5.74) is 2.43. The first-order valence-electron chi connectivity index (χ1n) is 5.79. The van der Waals surface area contributed by atoms with Crippen molar-refractivity contribution in [2.75, 3.05) is 19.3 Å². The molecule has 0 spiro atoms. The molecule has 1 aromatic carbocycles. The second kappa shape index (κ2) is 7.23. The monoisotopic (exact) mass is 334 g/mol. The number of nitrogens with one attached hydrogen (secondary N) is 2. The fraction of sp³-hybridized carbons (Fsp3) is 0.500. The zero-order valence-corrected chi connectivity index (χ0v) is 13.1. The van der Waals surface area contributed by atoms with Crippen LogP contribution in [0.5, 0.6) is 0 Å². The second-order valence-electron chi connectivity index (χ2n) is 4.28. The van der Waals surface area contributed by atoms with Crippen LogP contribution in [0.15, 0.2) is 22.7 Å². The van der Waals surface area contributed by atoms with Crippen molar-refractivity contribution >= 4 is 26.0 Å². The van der Waals surface area contributed by atoms with Crippen molar-refractivity contribution in [2.24, 2.45) is 0 Å². The predicted molar refractivity (Wildman–Crippen MR) is 78.0 cm³/mol. The Morgan fingerprint density at radius 2 is 2.00 bits per heavy atom. The molecule has 0 radical (unpaired) electrons. The van der Waals surface area contributed by atoms with E-state index < -0.39 is 10.0 Å². The topological polar surface area (TPSA) is 58.2 Å². The predicted octanol–water partition coefficient (Wildman–Crippen LogP) is 1.79. The number of rotatable bonds is 7. The average Bonchev–Trinajstić information content (AvgIpc) is 2.26. The molecule has 0 aliphatic heterocycles. The molecule has 1 aromatic rings. The molecule has 0 aliphatic carbocycles. The van der Waals surface area contributed by atoms with Crippen LogP contribution in [0.1, 0.15) is 17.5 Å². The molecule has 0 unspecified atom stereocenters. The van der Waals surface area contributed by atoms with E-state index in [0.29, 0.717) is 6.54 Å². The first-order valence-corrected chi connectivity index (χ1v) is 8.47. The van der Waals surface area contributed by atoms with Gasteiger partial charge in [-0.15, -0.1) is 0 Å². The third-order valence-electron chi connectivity index (χ3n) is 2.46. The van der Waals surface area contributed by atoms with Crippen LogP contribution in [0.25, 0.3) is 0 Å². The number of aryl methyl sites for hydroxylation is 1. The maximum atomic E-state index is 10.8. The van der Waals surface area contributed by atoms with Gasteiger partial charge in [-0.1, -0.05) is 28.1 Å². The first-order chi connectivity index (χ1) is 8.38. The Balaban J connectivity index is 2.20. The number of hydrogen-bond donors (Lipinski definition) is 2. The van der Waals surface area contributed by atoms with Gasteiger partial charge in [0, 0.05) is 17.6 Å². The summed E-state index contributed by atoms with van der Waals surface area (Å²) in [4.78, 5) is 0. The van der Waals surface area contributed by atoms with Gasteiger partial charge in [-0.05, 0) is 37.1 Å². The normalized spacial score (nSPS) is 11.7. The molecular weight excluding hydrogens is 316 g/mol. The zero-order chi connectivity index (χ0) is 13.6. The summed E-state index contributed by atoms with van der Waals surface area (Å²) < 4.78 is 25.2. The van der Waals surface area contributed by atoms with E-state index in [-0.39, 0.29) is 0 Å². The van der Waals surface area contributed by atoms with Crippen LogP contribution >= 0.6 is 15.9 Å². The van der Waals surface area contributed by atoms with Crippen LogP contribution in [0.2, 0.25) is 0 Å². The van der Waals surface area contributed by atoms with Gasteiger partial charge in [0.05, 0.1) is 6.26 Å². The van der Waals surface area contributed by atoms with Crippen LogP contribution in [0.4, 0.5) is 0 Å². The van der Waals surface area contributed by atoms with Gasteiger partial charge in [-0.3, -0.25) is 0 Å². The third kappa shape index (κ3) is 6.49. The molecule has 18 heavy (non-hydrogen) atoms. The summed E-state index contributed by atoms with van der Waals surface area (Å²) in [5.74, 6) is 0. The van der Waals surface area contributed by atoms with Gasteiger partial charge in [-0.25, -0.2) is 13.1 Å². The molecule has 6 heteroatoms. The van der Waals surface area contributed by atoms with E-state index in [4.69, 9.17) is 0 Å². The lowest BCUT2D eigenvalue weighted by atomic mass is 10.1. The first kappa shape index (κ1) is 15.6. The fourth-order valence-corrected chi connectivity index (χ4v) is 2.39. The largest absolute Gasteiger partial charge is 0.313 e. The van der Waals surface area contributed by atoms with Gasteiger partial charge in [0.1, 0.15) is 0 Å². The van der Waals surface area contributed by atoms with Crippen molar-refractivity contribution in [3.05, 3.63) is 33.8 Å². The molecule has 4 nitrogen and oxygen atoms in total. The Kier molecular flexibility index (Phi) is 6.28. The maximum Gasteiger partial charge on any atom is 0.208 e. The molecule has 0 aliphatic rings. The van der Waals surface area contributed by atoms with Crippen molar-refractivity contribution in [1.29, 1.82) is 0 Å². The maximum absolute atomic E-state index is 10.8. The molecule has 0 bridgehead atoms.